The molecule has 0 bridgehead atoms. The van der Waals surface area contributed by atoms with E-state index in [2.05, 4.69) is 10.3 Å². The van der Waals surface area contributed by atoms with Crippen LogP contribution in [0.25, 0.3) is 0 Å². The van der Waals surface area contributed by atoms with E-state index in [1.165, 1.54) is 7.11 Å². The van der Waals surface area contributed by atoms with Crippen molar-refractivity contribution in [3.8, 4) is 0 Å². The van der Waals surface area contributed by atoms with Crippen LogP contribution in [0, 0.1) is 12.8 Å². The Kier molecular flexibility index (Phi) is 4.71. The molecular formula is C15H20N2O3. The molecule has 5 nitrogen and oxygen atoms in total. The van der Waals surface area contributed by atoms with E-state index < -0.39 is 0 Å². The highest BCUT2D eigenvalue weighted by Crippen LogP contribution is 2.25. The number of esters is 1. The number of aryl methyl sites for hydroxylation is 1. The molecule has 0 aliphatic heterocycles. The van der Waals surface area contributed by atoms with Crippen LogP contribution in [0.5, 0.6) is 0 Å². The van der Waals surface area contributed by atoms with Gasteiger partial charge in [0.15, 0.2) is 0 Å². The third kappa shape index (κ3) is 3.56. The van der Waals surface area contributed by atoms with E-state index >= 15 is 0 Å². The maximum atomic E-state index is 12.1. The molecule has 1 fully saturated rings. The summed E-state index contributed by atoms with van der Waals surface area (Å²) in [6.07, 6.45) is 4.81. The van der Waals surface area contributed by atoms with Crippen LogP contribution in [0.1, 0.15) is 41.7 Å². The summed E-state index contributed by atoms with van der Waals surface area (Å²) in [4.78, 5) is 27.6. The predicted octanol–water partition coefficient (Wildman–Crippen LogP) is 1.85. The van der Waals surface area contributed by atoms with Crippen LogP contribution >= 0.6 is 0 Å². The zero-order valence-corrected chi connectivity index (χ0v) is 11.9. The highest BCUT2D eigenvalue weighted by Gasteiger charge is 2.27. The zero-order valence-electron chi connectivity index (χ0n) is 11.9. The Bertz CT molecular complexity index is 494. The fraction of sp³-hybridized carbons (Fsp3) is 0.533. The molecule has 2 rings (SSSR count). The van der Waals surface area contributed by atoms with E-state index in [0.717, 1.165) is 31.4 Å². The molecule has 0 saturated heterocycles. The summed E-state index contributed by atoms with van der Waals surface area (Å²) in [6.45, 7) is 1.86. The van der Waals surface area contributed by atoms with Gasteiger partial charge in [0.25, 0.3) is 5.91 Å². The van der Waals surface area contributed by atoms with Gasteiger partial charge in [-0.1, -0.05) is 0 Å². The Balaban J connectivity index is 1.86. The molecule has 5 heteroatoms. The van der Waals surface area contributed by atoms with Gasteiger partial charge in [0.2, 0.25) is 0 Å². The molecular weight excluding hydrogens is 256 g/mol. The summed E-state index contributed by atoms with van der Waals surface area (Å²) in [6, 6.07) is 3.62. The highest BCUT2D eigenvalue weighted by atomic mass is 16.5. The molecule has 1 heterocycles. The summed E-state index contributed by atoms with van der Waals surface area (Å²) < 4.78 is 4.76. The van der Waals surface area contributed by atoms with Gasteiger partial charge >= 0.3 is 5.97 Å². The maximum Gasteiger partial charge on any atom is 0.308 e. The Hall–Kier alpha value is -1.91. The number of hydrogen-bond donors (Lipinski definition) is 1. The van der Waals surface area contributed by atoms with Crippen LogP contribution in [0.2, 0.25) is 0 Å². The lowest BCUT2D eigenvalue weighted by atomic mass is 9.86. The van der Waals surface area contributed by atoms with E-state index in [-0.39, 0.29) is 23.8 Å². The summed E-state index contributed by atoms with van der Waals surface area (Å²) >= 11 is 0. The lowest BCUT2D eigenvalue weighted by Gasteiger charge is -2.27. The second-order valence-electron chi connectivity index (χ2n) is 5.23. The molecule has 1 aliphatic rings. The Morgan fingerprint density at radius 2 is 2.00 bits per heavy atom. The average Bonchev–Trinajstić information content (AvgIpc) is 2.47. The van der Waals surface area contributed by atoms with Gasteiger partial charge in [0.1, 0.15) is 0 Å². The van der Waals surface area contributed by atoms with E-state index in [1.54, 1.807) is 18.3 Å². The van der Waals surface area contributed by atoms with Crippen molar-refractivity contribution in [3.63, 3.8) is 0 Å². The maximum absolute atomic E-state index is 12.1. The number of carbonyl (C=O) groups excluding carboxylic acids is 2. The van der Waals surface area contributed by atoms with Gasteiger partial charge < -0.3 is 10.1 Å². The molecule has 1 N–H and O–H groups in total. The summed E-state index contributed by atoms with van der Waals surface area (Å²) in [5.74, 6) is -0.229. The number of rotatable bonds is 3. The van der Waals surface area contributed by atoms with Gasteiger partial charge in [-0.2, -0.15) is 0 Å². The lowest BCUT2D eigenvalue weighted by Crippen LogP contribution is -2.38. The van der Waals surface area contributed by atoms with Gasteiger partial charge in [0.05, 0.1) is 13.0 Å². The lowest BCUT2D eigenvalue weighted by molar-refractivity contribution is -0.146. The number of methoxy groups -OCH3 is 1. The first kappa shape index (κ1) is 14.5. The predicted molar refractivity (Wildman–Crippen MR) is 74.2 cm³/mol. The van der Waals surface area contributed by atoms with Gasteiger partial charge in [-0.25, -0.2) is 0 Å². The first-order chi connectivity index (χ1) is 9.60. The van der Waals surface area contributed by atoms with E-state index in [4.69, 9.17) is 4.74 Å². The SMILES string of the molecule is COC(=O)C1CCC(NC(=O)c2ccnc(C)c2)CC1. The topological polar surface area (TPSA) is 68.3 Å². The number of carbonyl (C=O) groups is 2. The van der Waals surface area contributed by atoms with Crippen molar-refractivity contribution in [1.29, 1.82) is 0 Å². The molecule has 20 heavy (non-hydrogen) atoms. The number of nitrogens with zero attached hydrogens (tertiary/aromatic N) is 1. The quantitative estimate of drug-likeness (QED) is 0.855. The molecule has 108 valence electrons. The molecule has 0 radical (unpaired) electrons. The van der Waals surface area contributed by atoms with Crippen LogP contribution in [-0.2, 0) is 9.53 Å². The third-order valence-electron chi connectivity index (χ3n) is 3.76. The van der Waals surface area contributed by atoms with Crippen LogP contribution < -0.4 is 5.32 Å². The Morgan fingerprint density at radius 1 is 1.30 bits per heavy atom. The van der Waals surface area contributed by atoms with E-state index in [9.17, 15) is 9.59 Å². The van der Waals surface area contributed by atoms with Crippen molar-refractivity contribution in [2.75, 3.05) is 7.11 Å². The number of hydrogen-bond acceptors (Lipinski definition) is 4. The fourth-order valence-electron chi connectivity index (χ4n) is 2.60. The van der Waals surface area contributed by atoms with Gasteiger partial charge in [-0.05, 0) is 44.7 Å². The number of amides is 1. The van der Waals surface area contributed by atoms with Crippen molar-refractivity contribution < 1.29 is 14.3 Å². The molecule has 1 aliphatic carbocycles. The third-order valence-corrected chi connectivity index (χ3v) is 3.76. The van der Waals surface area contributed by atoms with Crippen molar-refractivity contribution in [1.82, 2.24) is 10.3 Å². The first-order valence-corrected chi connectivity index (χ1v) is 6.91. The molecule has 1 aromatic rings. The molecule has 0 atom stereocenters. The number of ether oxygens (including phenoxy) is 1. The summed E-state index contributed by atoms with van der Waals surface area (Å²) in [7, 11) is 1.42. The van der Waals surface area contributed by atoms with Crippen LogP contribution in [0.15, 0.2) is 18.3 Å². The average molecular weight is 276 g/mol. The smallest absolute Gasteiger partial charge is 0.308 e. The Labute approximate surface area is 118 Å². The first-order valence-electron chi connectivity index (χ1n) is 6.91. The Morgan fingerprint density at radius 3 is 2.60 bits per heavy atom. The molecule has 0 unspecified atom stereocenters. The zero-order chi connectivity index (χ0) is 14.5. The highest BCUT2D eigenvalue weighted by molar-refractivity contribution is 5.94. The van der Waals surface area contributed by atoms with Crippen molar-refractivity contribution >= 4 is 11.9 Å². The number of nitrogens with one attached hydrogen (secondary N) is 1. The van der Waals surface area contributed by atoms with Gasteiger partial charge in [0, 0.05) is 23.5 Å². The second-order valence-corrected chi connectivity index (χ2v) is 5.23. The van der Waals surface area contributed by atoms with Gasteiger partial charge in [-0.15, -0.1) is 0 Å². The number of pyridine rings is 1. The van der Waals surface area contributed by atoms with Crippen molar-refractivity contribution in [3.05, 3.63) is 29.6 Å². The van der Waals surface area contributed by atoms with Crippen molar-refractivity contribution in [2.24, 2.45) is 5.92 Å². The molecule has 1 aromatic heterocycles. The van der Waals surface area contributed by atoms with Crippen LogP contribution in [0.3, 0.4) is 0 Å². The molecule has 0 aromatic carbocycles. The molecule has 0 spiro atoms. The van der Waals surface area contributed by atoms with E-state index in [1.807, 2.05) is 6.92 Å². The number of aromatic nitrogens is 1. The van der Waals surface area contributed by atoms with Crippen LogP contribution in [0.4, 0.5) is 0 Å². The molecule has 1 saturated carbocycles. The minimum absolute atomic E-state index is 0.0173. The largest absolute Gasteiger partial charge is 0.469 e. The minimum Gasteiger partial charge on any atom is -0.469 e. The summed E-state index contributed by atoms with van der Waals surface area (Å²) in [5.41, 5.74) is 1.46. The monoisotopic (exact) mass is 276 g/mol. The van der Waals surface area contributed by atoms with Gasteiger partial charge in [-0.3, -0.25) is 14.6 Å². The van der Waals surface area contributed by atoms with Crippen LogP contribution in [-0.4, -0.2) is 30.0 Å². The fourth-order valence-corrected chi connectivity index (χ4v) is 2.60. The normalized spacial score (nSPS) is 22.1. The minimum atomic E-state index is -0.139. The standard InChI is InChI=1S/C15H20N2O3/c1-10-9-12(7-8-16-10)14(18)17-13-5-3-11(4-6-13)15(19)20-2/h7-9,11,13H,3-6H2,1-2H3,(H,17,18). The van der Waals surface area contributed by atoms with Crippen molar-refractivity contribution in [2.45, 2.75) is 38.6 Å². The summed E-state index contributed by atoms with van der Waals surface area (Å²) in [5, 5.41) is 3.02. The second kappa shape index (κ2) is 6.50. The molecule has 1 amide bonds. The van der Waals surface area contributed by atoms with E-state index in [0.29, 0.717) is 5.56 Å².